The average Bonchev–Trinajstić information content (AvgIpc) is 2.50. The van der Waals surface area contributed by atoms with E-state index >= 15 is 0 Å². The van der Waals surface area contributed by atoms with Gasteiger partial charge in [-0.15, -0.1) is 0 Å². The number of rotatable bonds is 2. The van der Waals surface area contributed by atoms with Crippen molar-refractivity contribution >= 4 is 28.9 Å². The smallest absolute Gasteiger partial charge is 0.0741 e. The van der Waals surface area contributed by atoms with Gasteiger partial charge in [0.2, 0.25) is 0 Å². The molecule has 1 saturated carbocycles. The van der Waals surface area contributed by atoms with Crippen molar-refractivity contribution in [3.8, 4) is 0 Å². The minimum Gasteiger partial charge on any atom is -0.391 e. The van der Waals surface area contributed by atoms with Crippen LogP contribution in [0.15, 0.2) is 18.2 Å². The van der Waals surface area contributed by atoms with Gasteiger partial charge in [-0.2, -0.15) is 0 Å². The first-order valence-electron chi connectivity index (χ1n) is 5.06. The number of anilines is 1. The van der Waals surface area contributed by atoms with Gasteiger partial charge in [0.05, 0.1) is 12.1 Å². The lowest BCUT2D eigenvalue weighted by Crippen LogP contribution is -2.27. The van der Waals surface area contributed by atoms with E-state index in [4.69, 9.17) is 23.2 Å². The van der Waals surface area contributed by atoms with Crippen LogP contribution in [-0.2, 0) is 0 Å². The van der Waals surface area contributed by atoms with E-state index in [-0.39, 0.29) is 12.1 Å². The lowest BCUT2D eigenvalue weighted by Gasteiger charge is -2.18. The Morgan fingerprint density at radius 1 is 1.13 bits per heavy atom. The van der Waals surface area contributed by atoms with Crippen LogP contribution in [0.4, 0.5) is 5.69 Å². The van der Waals surface area contributed by atoms with E-state index in [9.17, 15) is 5.11 Å². The van der Waals surface area contributed by atoms with Crippen molar-refractivity contribution in [3.63, 3.8) is 0 Å². The van der Waals surface area contributed by atoms with Crippen LogP contribution < -0.4 is 5.32 Å². The molecule has 2 atom stereocenters. The van der Waals surface area contributed by atoms with Crippen LogP contribution in [-0.4, -0.2) is 17.3 Å². The highest BCUT2D eigenvalue weighted by Crippen LogP contribution is 2.27. The van der Waals surface area contributed by atoms with E-state index in [0.717, 1.165) is 24.9 Å². The molecule has 0 unspecified atom stereocenters. The standard InChI is InChI=1S/C11H13Cl2NO/c12-7-4-8(13)6-9(5-7)14-10-2-1-3-11(10)15/h4-6,10-11,14-15H,1-3H2/t10-,11-/m1/s1. The van der Waals surface area contributed by atoms with Crippen LogP contribution in [0.25, 0.3) is 0 Å². The fourth-order valence-corrected chi connectivity index (χ4v) is 2.49. The molecule has 82 valence electrons. The molecule has 0 amide bonds. The highest BCUT2D eigenvalue weighted by atomic mass is 35.5. The Kier molecular flexibility index (Phi) is 3.39. The van der Waals surface area contributed by atoms with E-state index in [1.54, 1.807) is 6.07 Å². The summed E-state index contributed by atoms with van der Waals surface area (Å²) < 4.78 is 0. The van der Waals surface area contributed by atoms with Crippen molar-refractivity contribution in [3.05, 3.63) is 28.2 Å². The summed E-state index contributed by atoms with van der Waals surface area (Å²) in [6, 6.07) is 5.45. The molecule has 0 heterocycles. The van der Waals surface area contributed by atoms with Crippen LogP contribution >= 0.6 is 23.2 Å². The second-order valence-electron chi connectivity index (χ2n) is 3.91. The summed E-state index contributed by atoms with van der Waals surface area (Å²) in [7, 11) is 0. The number of hydrogen-bond donors (Lipinski definition) is 2. The van der Waals surface area contributed by atoms with Gasteiger partial charge in [-0.1, -0.05) is 23.2 Å². The highest BCUT2D eigenvalue weighted by molar-refractivity contribution is 6.35. The monoisotopic (exact) mass is 245 g/mol. The maximum atomic E-state index is 9.66. The number of benzene rings is 1. The molecule has 0 spiro atoms. The fraction of sp³-hybridized carbons (Fsp3) is 0.455. The number of aliphatic hydroxyl groups excluding tert-OH is 1. The molecule has 1 aliphatic rings. The minimum atomic E-state index is -0.261. The van der Waals surface area contributed by atoms with Gasteiger partial charge >= 0.3 is 0 Å². The van der Waals surface area contributed by atoms with E-state index in [1.165, 1.54) is 0 Å². The molecule has 0 aromatic heterocycles. The molecule has 0 aliphatic heterocycles. The predicted octanol–water partition coefficient (Wildman–Crippen LogP) is 3.32. The summed E-state index contributed by atoms with van der Waals surface area (Å²) in [5.74, 6) is 0. The topological polar surface area (TPSA) is 32.3 Å². The van der Waals surface area contributed by atoms with Gasteiger partial charge in [0.1, 0.15) is 0 Å². The van der Waals surface area contributed by atoms with E-state index in [1.807, 2.05) is 12.1 Å². The van der Waals surface area contributed by atoms with Crippen LogP contribution in [0, 0.1) is 0 Å². The molecular formula is C11H13Cl2NO. The lowest BCUT2D eigenvalue weighted by atomic mass is 10.2. The summed E-state index contributed by atoms with van der Waals surface area (Å²) in [6.07, 6.45) is 2.66. The van der Waals surface area contributed by atoms with Crippen LogP contribution in [0.5, 0.6) is 0 Å². The maximum absolute atomic E-state index is 9.66. The molecule has 4 heteroatoms. The summed E-state index contributed by atoms with van der Waals surface area (Å²) in [5, 5.41) is 14.1. The average molecular weight is 246 g/mol. The Morgan fingerprint density at radius 2 is 1.80 bits per heavy atom. The zero-order valence-electron chi connectivity index (χ0n) is 8.21. The summed E-state index contributed by atoms with van der Waals surface area (Å²) >= 11 is 11.8. The largest absolute Gasteiger partial charge is 0.391 e. The first-order valence-corrected chi connectivity index (χ1v) is 5.81. The fourth-order valence-electron chi connectivity index (χ4n) is 1.96. The normalized spacial score (nSPS) is 25.5. The quantitative estimate of drug-likeness (QED) is 0.838. The number of hydrogen-bond acceptors (Lipinski definition) is 2. The molecule has 1 aromatic carbocycles. The Labute approximate surface area is 99.2 Å². The van der Waals surface area contributed by atoms with Crippen molar-refractivity contribution in [1.82, 2.24) is 0 Å². The highest BCUT2D eigenvalue weighted by Gasteiger charge is 2.24. The Morgan fingerprint density at radius 3 is 2.33 bits per heavy atom. The molecule has 1 aromatic rings. The molecule has 0 bridgehead atoms. The number of aliphatic hydroxyl groups is 1. The van der Waals surface area contributed by atoms with Crippen LogP contribution in [0.3, 0.4) is 0 Å². The van der Waals surface area contributed by atoms with Gasteiger partial charge in [0.25, 0.3) is 0 Å². The zero-order chi connectivity index (χ0) is 10.8. The third kappa shape index (κ3) is 2.77. The van der Waals surface area contributed by atoms with Crippen LogP contribution in [0.1, 0.15) is 19.3 Å². The molecule has 2 N–H and O–H groups in total. The Hall–Kier alpha value is -0.440. The van der Waals surface area contributed by atoms with Crippen molar-refractivity contribution in [2.75, 3.05) is 5.32 Å². The van der Waals surface area contributed by atoms with Gasteiger partial charge in [0.15, 0.2) is 0 Å². The molecule has 1 fully saturated rings. The molecule has 1 aliphatic carbocycles. The summed E-state index contributed by atoms with van der Waals surface area (Å²) in [6.45, 7) is 0. The predicted molar refractivity (Wildman–Crippen MR) is 63.7 cm³/mol. The van der Waals surface area contributed by atoms with Gasteiger partial charge < -0.3 is 10.4 Å². The SMILES string of the molecule is O[C@@H]1CCC[C@H]1Nc1cc(Cl)cc(Cl)c1. The number of halogens is 2. The van der Waals surface area contributed by atoms with E-state index in [2.05, 4.69) is 5.32 Å². The zero-order valence-corrected chi connectivity index (χ0v) is 9.72. The maximum Gasteiger partial charge on any atom is 0.0741 e. The van der Waals surface area contributed by atoms with Crippen molar-refractivity contribution in [2.24, 2.45) is 0 Å². The van der Waals surface area contributed by atoms with E-state index in [0.29, 0.717) is 10.0 Å². The summed E-state index contributed by atoms with van der Waals surface area (Å²) in [4.78, 5) is 0. The Balaban J connectivity index is 2.10. The molecule has 0 saturated heterocycles. The Bertz CT molecular complexity index is 336. The van der Waals surface area contributed by atoms with Crippen molar-refractivity contribution in [2.45, 2.75) is 31.4 Å². The van der Waals surface area contributed by atoms with E-state index < -0.39 is 0 Å². The lowest BCUT2D eigenvalue weighted by molar-refractivity contribution is 0.172. The first kappa shape index (κ1) is 11.1. The summed E-state index contributed by atoms with van der Waals surface area (Å²) in [5.41, 5.74) is 0.874. The molecule has 2 rings (SSSR count). The molecule has 2 nitrogen and oxygen atoms in total. The third-order valence-corrected chi connectivity index (χ3v) is 3.13. The molecule has 0 radical (unpaired) electrons. The van der Waals surface area contributed by atoms with Crippen LogP contribution in [0.2, 0.25) is 10.0 Å². The molecular weight excluding hydrogens is 233 g/mol. The minimum absolute atomic E-state index is 0.125. The first-order chi connectivity index (χ1) is 7.15. The third-order valence-electron chi connectivity index (χ3n) is 2.69. The molecule has 15 heavy (non-hydrogen) atoms. The second kappa shape index (κ2) is 4.60. The number of nitrogens with one attached hydrogen (secondary N) is 1. The van der Waals surface area contributed by atoms with Gasteiger partial charge in [-0.25, -0.2) is 0 Å². The van der Waals surface area contributed by atoms with Crippen molar-refractivity contribution < 1.29 is 5.11 Å². The van der Waals surface area contributed by atoms with Gasteiger partial charge in [-0.3, -0.25) is 0 Å². The second-order valence-corrected chi connectivity index (χ2v) is 4.78. The van der Waals surface area contributed by atoms with Gasteiger partial charge in [0, 0.05) is 15.7 Å². The van der Waals surface area contributed by atoms with Gasteiger partial charge in [-0.05, 0) is 37.5 Å². The van der Waals surface area contributed by atoms with Crippen molar-refractivity contribution in [1.29, 1.82) is 0 Å².